The number of carbonyl (C=O) groups is 1. The fraction of sp³-hybridized carbons (Fsp3) is 0.700. The van der Waals surface area contributed by atoms with Gasteiger partial charge in [-0.3, -0.25) is 4.79 Å². The summed E-state index contributed by atoms with van der Waals surface area (Å²) < 4.78 is -0.429. The first-order valence-corrected chi connectivity index (χ1v) is 5.52. The van der Waals surface area contributed by atoms with Gasteiger partial charge < -0.3 is 10.8 Å². The molecule has 0 aromatic carbocycles. The van der Waals surface area contributed by atoms with Crippen molar-refractivity contribution in [2.75, 3.05) is 5.75 Å². The smallest absolute Gasteiger partial charge is 0.321 e. The van der Waals surface area contributed by atoms with Crippen molar-refractivity contribution in [2.45, 2.75) is 38.0 Å². The third-order valence-corrected chi connectivity index (χ3v) is 3.42. The zero-order valence-corrected chi connectivity index (χ0v) is 9.86. The highest BCUT2D eigenvalue weighted by molar-refractivity contribution is 8.00. The van der Waals surface area contributed by atoms with Crippen molar-refractivity contribution in [1.82, 2.24) is 0 Å². The minimum atomic E-state index is -0.946. The van der Waals surface area contributed by atoms with E-state index in [4.69, 9.17) is 10.8 Å². The van der Waals surface area contributed by atoms with Crippen molar-refractivity contribution in [2.24, 2.45) is 5.73 Å². The molecule has 82 valence electrons. The van der Waals surface area contributed by atoms with Crippen LogP contribution >= 0.6 is 11.8 Å². The topological polar surface area (TPSA) is 63.3 Å². The maximum absolute atomic E-state index is 10.7. The van der Waals surface area contributed by atoms with Crippen molar-refractivity contribution in [3.63, 3.8) is 0 Å². The molecule has 0 aliphatic heterocycles. The molecule has 4 heteroatoms. The van der Waals surface area contributed by atoms with E-state index in [1.54, 1.807) is 11.8 Å². The van der Waals surface area contributed by atoms with Crippen molar-refractivity contribution >= 4 is 17.7 Å². The third-order valence-electron chi connectivity index (χ3n) is 2.02. The molecule has 0 fully saturated rings. The van der Waals surface area contributed by atoms with Gasteiger partial charge in [0.15, 0.2) is 0 Å². The number of hydrogen-bond acceptors (Lipinski definition) is 3. The molecular formula is C10H19NO2S. The van der Waals surface area contributed by atoms with Gasteiger partial charge in [-0.2, -0.15) is 11.8 Å². The normalized spacial score (nSPS) is 13.7. The molecular weight excluding hydrogens is 198 g/mol. The second-order valence-corrected chi connectivity index (χ2v) is 5.72. The Hall–Kier alpha value is -0.480. The first-order chi connectivity index (χ1) is 6.27. The second kappa shape index (κ2) is 5.41. The Balaban J connectivity index is 4.06. The van der Waals surface area contributed by atoms with Gasteiger partial charge in [0, 0.05) is 4.75 Å². The van der Waals surface area contributed by atoms with Crippen LogP contribution in [-0.2, 0) is 4.79 Å². The summed E-state index contributed by atoms with van der Waals surface area (Å²) in [4.78, 5) is 10.7. The summed E-state index contributed by atoms with van der Waals surface area (Å²) in [6.45, 7) is 9.47. The Kier molecular flexibility index (Phi) is 5.23. The van der Waals surface area contributed by atoms with Gasteiger partial charge >= 0.3 is 5.97 Å². The number of rotatable bonds is 6. The number of carboxylic acid groups (broad SMARTS) is 1. The largest absolute Gasteiger partial charge is 0.480 e. The summed E-state index contributed by atoms with van der Waals surface area (Å²) in [5.41, 5.74) is 6.68. The molecule has 3 N–H and O–H groups in total. The lowest BCUT2D eigenvalue weighted by Crippen LogP contribution is -2.46. The lowest BCUT2D eigenvalue weighted by molar-refractivity contribution is -0.139. The number of carboxylic acids is 1. The summed E-state index contributed by atoms with van der Waals surface area (Å²) in [5.74, 6) is -0.0821. The van der Waals surface area contributed by atoms with Gasteiger partial charge in [-0.05, 0) is 32.9 Å². The van der Waals surface area contributed by atoms with E-state index in [-0.39, 0.29) is 0 Å². The molecule has 0 aliphatic rings. The summed E-state index contributed by atoms with van der Waals surface area (Å²) >= 11 is 1.58. The lowest BCUT2D eigenvalue weighted by Gasteiger charge is -2.27. The summed E-state index contributed by atoms with van der Waals surface area (Å²) in [5, 5.41) is 8.77. The van der Waals surface area contributed by atoms with Gasteiger partial charge in [0.05, 0.1) is 0 Å². The van der Waals surface area contributed by atoms with E-state index in [9.17, 15) is 4.79 Å². The molecule has 0 saturated heterocycles. The molecule has 1 atom stereocenters. The molecule has 0 aromatic heterocycles. The SMILES string of the molecule is C=C(C)CCSC(C)(C)[C@@H](N)C(=O)O. The molecule has 0 amide bonds. The summed E-state index contributed by atoms with van der Waals surface area (Å²) in [7, 11) is 0. The number of thioether (sulfide) groups is 1. The van der Waals surface area contributed by atoms with Gasteiger partial charge in [-0.1, -0.05) is 5.57 Å². The average Bonchev–Trinajstić information content (AvgIpc) is 2.01. The van der Waals surface area contributed by atoms with Crippen LogP contribution < -0.4 is 5.73 Å². The van der Waals surface area contributed by atoms with Crippen LogP contribution in [0.15, 0.2) is 12.2 Å². The van der Waals surface area contributed by atoms with Crippen LogP contribution in [0.4, 0.5) is 0 Å². The quantitative estimate of drug-likeness (QED) is 0.667. The van der Waals surface area contributed by atoms with Crippen LogP contribution in [0.5, 0.6) is 0 Å². The number of hydrogen-bond donors (Lipinski definition) is 2. The van der Waals surface area contributed by atoms with E-state index in [2.05, 4.69) is 6.58 Å². The maximum atomic E-state index is 10.7. The van der Waals surface area contributed by atoms with E-state index in [1.165, 1.54) is 0 Å². The molecule has 14 heavy (non-hydrogen) atoms. The molecule has 0 spiro atoms. The maximum Gasteiger partial charge on any atom is 0.321 e. The Morgan fingerprint density at radius 2 is 2.14 bits per heavy atom. The average molecular weight is 217 g/mol. The highest BCUT2D eigenvalue weighted by Crippen LogP contribution is 2.28. The molecule has 3 nitrogen and oxygen atoms in total. The van der Waals surface area contributed by atoms with Crippen LogP contribution in [0.25, 0.3) is 0 Å². The molecule has 0 rings (SSSR count). The van der Waals surface area contributed by atoms with Gasteiger partial charge in [-0.15, -0.1) is 6.58 Å². The fourth-order valence-electron chi connectivity index (χ4n) is 0.875. The van der Waals surface area contributed by atoms with Crippen LogP contribution in [0.2, 0.25) is 0 Å². The van der Waals surface area contributed by atoms with Crippen molar-refractivity contribution in [3.05, 3.63) is 12.2 Å². The molecule has 0 unspecified atom stereocenters. The predicted octanol–water partition coefficient (Wildman–Crippen LogP) is 1.88. The van der Waals surface area contributed by atoms with Crippen LogP contribution in [0.1, 0.15) is 27.2 Å². The molecule has 0 heterocycles. The summed E-state index contributed by atoms with van der Waals surface area (Å²) in [6.07, 6.45) is 0.903. The third kappa shape index (κ3) is 4.67. The Morgan fingerprint density at radius 3 is 2.50 bits per heavy atom. The fourth-order valence-corrected chi connectivity index (χ4v) is 2.13. The Bertz CT molecular complexity index is 226. The minimum Gasteiger partial charge on any atom is -0.480 e. The van der Waals surface area contributed by atoms with E-state index in [0.717, 1.165) is 17.7 Å². The minimum absolute atomic E-state index is 0.429. The van der Waals surface area contributed by atoms with E-state index < -0.39 is 16.8 Å². The zero-order valence-electron chi connectivity index (χ0n) is 9.04. The molecule has 0 radical (unpaired) electrons. The van der Waals surface area contributed by atoms with E-state index >= 15 is 0 Å². The van der Waals surface area contributed by atoms with Crippen molar-refractivity contribution in [3.8, 4) is 0 Å². The number of aliphatic carboxylic acids is 1. The van der Waals surface area contributed by atoms with Gasteiger partial charge in [0.1, 0.15) is 6.04 Å². The van der Waals surface area contributed by atoms with Crippen LogP contribution in [0.3, 0.4) is 0 Å². The predicted molar refractivity (Wildman–Crippen MR) is 61.6 cm³/mol. The standard InChI is InChI=1S/C10H19NO2S/c1-7(2)5-6-14-10(3,4)8(11)9(12)13/h8H,1,5-6,11H2,2-4H3,(H,12,13)/t8-/m0/s1. The molecule has 0 bridgehead atoms. The Morgan fingerprint density at radius 1 is 1.64 bits per heavy atom. The monoisotopic (exact) mass is 217 g/mol. The molecule has 0 aliphatic carbocycles. The van der Waals surface area contributed by atoms with Gasteiger partial charge in [-0.25, -0.2) is 0 Å². The van der Waals surface area contributed by atoms with Gasteiger partial charge in [0.25, 0.3) is 0 Å². The van der Waals surface area contributed by atoms with E-state index in [0.29, 0.717) is 0 Å². The Labute approximate surface area is 89.8 Å². The first kappa shape index (κ1) is 13.5. The highest BCUT2D eigenvalue weighted by atomic mass is 32.2. The van der Waals surface area contributed by atoms with Crippen LogP contribution in [0, 0.1) is 0 Å². The van der Waals surface area contributed by atoms with Crippen molar-refractivity contribution < 1.29 is 9.90 Å². The molecule has 0 aromatic rings. The molecule has 0 saturated carbocycles. The van der Waals surface area contributed by atoms with Crippen molar-refractivity contribution in [1.29, 1.82) is 0 Å². The second-order valence-electron chi connectivity index (χ2n) is 3.97. The number of allylic oxidation sites excluding steroid dienone is 1. The van der Waals surface area contributed by atoms with Crippen LogP contribution in [-0.4, -0.2) is 27.6 Å². The summed E-state index contributed by atoms with van der Waals surface area (Å²) in [6, 6.07) is -0.822. The van der Waals surface area contributed by atoms with E-state index in [1.807, 2.05) is 20.8 Å². The lowest BCUT2D eigenvalue weighted by atomic mass is 10.1. The first-order valence-electron chi connectivity index (χ1n) is 4.54. The zero-order chi connectivity index (χ0) is 11.4. The number of nitrogens with two attached hydrogens (primary N) is 1. The highest BCUT2D eigenvalue weighted by Gasteiger charge is 2.32. The van der Waals surface area contributed by atoms with Gasteiger partial charge in [0.2, 0.25) is 0 Å².